The fraction of sp³-hybridized carbons (Fsp3) is 0. The summed E-state index contributed by atoms with van der Waals surface area (Å²) in [6, 6.07) is 90.4. The molecule has 0 N–H and O–H groups in total. The van der Waals surface area contributed by atoms with E-state index in [0.717, 1.165) is 34.1 Å². The first-order valence-corrected chi connectivity index (χ1v) is 20.9. The number of fused-ring (bicyclic) bond motifs is 3. The Hall–Kier alpha value is -7.57. The van der Waals surface area contributed by atoms with Crippen molar-refractivity contribution in [1.82, 2.24) is 0 Å². The van der Waals surface area contributed by atoms with Gasteiger partial charge in [-0.15, -0.1) is 37.1 Å². The first-order chi connectivity index (χ1) is 31.3. The molecule has 0 saturated carbocycles. The second-order valence-electron chi connectivity index (χ2n) is 14.8. The van der Waals surface area contributed by atoms with Gasteiger partial charge in [0.05, 0.1) is 0 Å². The van der Waals surface area contributed by atoms with E-state index in [1.807, 2.05) is 72.8 Å². The van der Waals surface area contributed by atoms with Gasteiger partial charge >= 0.3 is 0 Å². The molecule has 0 saturated heterocycles. The van der Waals surface area contributed by atoms with E-state index >= 15 is 0 Å². The van der Waals surface area contributed by atoms with Crippen LogP contribution < -0.4 is 29.4 Å². The van der Waals surface area contributed by atoms with Crippen LogP contribution in [0.25, 0.3) is 0 Å². The van der Waals surface area contributed by atoms with E-state index in [-0.39, 0.29) is 20.1 Å². The van der Waals surface area contributed by atoms with Crippen LogP contribution in [0.15, 0.2) is 237 Å². The smallest absolute Gasteiger partial charge is 0.0344 e. The van der Waals surface area contributed by atoms with E-state index in [1.165, 1.54) is 34.1 Å². The Labute approximate surface area is 390 Å². The van der Waals surface area contributed by atoms with Crippen LogP contribution >= 0.6 is 0 Å². The molecular formula is C57H42IrN6-6. The van der Waals surface area contributed by atoms with Crippen LogP contribution in [0, 0.1) is 38.2 Å². The molecular weight excluding hydrogens is 961 g/mol. The summed E-state index contributed by atoms with van der Waals surface area (Å²) in [6.45, 7) is 6.35. The molecule has 12 rings (SSSR count). The van der Waals surface area contributed by atoms with Gasteiger partial charge in [-0.2, -0.15) is 91.0 Å². The Morgan fingerprint density at radius 1 is 0.234 bits per heavy atom. The maximum Gasteiger partial charge on any atom is 0.0344 e. The summed E-state index contributed by atoms with van der Waals surface area (Å²) < 4.78 is 0. The summed E-state index contributed by atoms with van der Waals surface area (Å²) in [5.74, 6) is 0. The number of para-hydroxylation sites is 12. The van der Waals surface area contributed by atoms with Gasteiger partial charge in [0, 0.05) is 71.3 Å². The van der Waals surface area contributed by atoms with Crippen molar-refractivity contribution in [2.45, 2.75) is 0 Å². The third kappa shape index (κ3) is 8.73. The SMILES string of the molecule is [Ir].[c-]1ccccc1N1[CH-]N(c2ccccc2)c2ccccc21.[c-]1ccccc1N1[CH-]N(c2ccccc2)c2ccccc21.[c-]1ccccc1N1[CH-]N(c2ccccc2)c2ccccc21. The minimum absolute atomic E-state index is 0. The van der Waals surface area contributed by atoms with E-state index in [9.17, 15) is 0 Å². The zero-order chi connectivity index (χ0) is 42.2. The van der Waals surface area contributed by atoms with Crippen molar-refractivity contribution < 1.29 is 20.1 Å². The molecule has 0 spiro atoms. The molecule has 315 valence electrons. The molecule has 3 heterocycles. The van der Waals surface area contributed by atoms with Crippen LogP contribution in [0.5, 0.6) is 0 Å². The van der Waals surface area contributed by atoms with Crippen molar-refractivity contribution in [2.75, 3.05) is 29.4 Å². The third-order valence-electron chi connectivity index (χ3n) is 10.9. The molecule has 9 aromatic rings. The van der Waals surface area contributed by atoms with Gasteiger partial charge in [-0.3, -0.25) is 0 Å². The molecule has 0 unspecified atom stereocenters. The van der Waals surface area contributed by atoms with Gasteiger partial charge in [-0.05, 0) is 72.8 Å². The van der Waals surface area contributed by atoms with Gasteiger partial charge < -0.3 is 29.4 Å². The number of hydrogen-bond donors (Lipinski definition) is 0. The van der Waals surface area contributed by atoms with Gasteiger partial charge in [0.2, 0.25) is 0 Å². The maximum atomic E-state index is 3.29. The van der Waals surface area contributed by atoms with E-state index in [2.05, 4.69) is 231 Å². The van der Waals surface area contributed by atoms with Crippen molar-refractivity contribution in [3.05, 3.63) is 275 Å². The number of hydrogen-bond acceptors (Lipinski definition) is 6. The minimum atomic E-state index is 0. The minimum Gasteiger partial charge on any atom is -0.493 e. The zero-order valence-electron chi connectivity index (χ0n) is 34.8. The summed E-state index contributed by atoms with van der Waals surface area (Å²) in [6.07, 6.45) is 0. The van der Waals surface area contributed by atoms with Gasteiger partial charge in [-0.1, -0.05) is 91.0 Å². The van der Waals surface area contributed by atoms with Crippen LogP contribution in [-0.4, -0.2) is 0 Å². The monoisotopic (exact) mass is 1000 g/mol. The molecule has 3 aliphatic rings. The molecule has 0 bridgehead atoms. The van der Waals surface area contributed by atoms with Gasteiger partial charge in [0.15, 0.2) is 0 Å². The molecule has 6 nitrogen and oxygen atoms in total. The fourth-order valence-electron chi connectivity index (χ4n) is 7.89. The standard InChI is InChI=1S/3C19H14N2.Ir/c3*1-3-9-16(10-4-1)20-15-21(17-11-5-2-6-12-17)19-14-8-7-13-18(19)20;/h3*1-11,13-15H;/q3*-2;. The number of nitrogens with zero attached hydrogens (tertiary/aromatic N) is 6. The molecule has 1 radical (unpaired) electrons. The average Bonchev–Trinajstić information content (AvgIpc) is 4.09. The Bertz CT molecular complexity index is 2340. The van der Waals surface area contributed by atoms with Crippen molar-refractivity contribution in [3.63, 3.8) is 0 Å². The van der Waals surface area contributed by atoms with Gasteiger partial charge in [0.25, 0.3) is 0 Å². The molecule has 7 heteroatoms. The maximum absolute atomic E-state index is 3.29. The van der Waals surface area contributed by atoms with Crippen LogP contribution in [-0.2, 0) is 20.1 Å². The van der Waals surface area contributed by atoms with E-state index < -0.39 is 0 Å². The normalized spacial score (nSPS) is 13.1. The van der Waals surface area contributed by atoms with Crippen molar-refractivity contribution in [1.29, 1.82) is 0 Å². The Balaban J connectivity index is 0.000000121. The molecule has 0 atom stereocenters. The Kier molecular flexibility index (Phi) is 12.8. The summed E-state index contributed by atoms with van der Waals surface area (Å²) in [7, 11) is 0. The van der Waals surface area contributed by atoms with Crippen LogP contribution in [0.1, 0.15) is 0 Å². The Morgan fingerprint density at radius 3 is 0.688 bits per heavy atom. The van der Waals surface area contributed by atoms with E-state index in [0.29, 0.717) is 0 Å². The van der Waals surface area contributed by atoms with E-state index in [1.54, 1.807) is 0 Å². The Morgan fingerprint density at radius 2 is 0.453 bits per heavy atom. The predicted octanol–water partition coefficient (Wildman–Crippen LogP) is 14.7. The number of benzene rings is 9. The summed E-state index contributed by atoms with van der Waals surface area (Å²) in [5, 5.41) is 0. The molecule has 64 heavy (non-hydrogen) atoms. The predicted molar refractivity (Wildman–Crippen MR) is 260 cm³/mol. The van der Waals surface area contributed by atoms with Gasteiger partial charge in [-0.25, -0.2) is 0 Å². The van der Waals surface area contributed by atoms with Crippen molar-refractivity contribution in [3.8, 4) is 0 Å². The average molecular weight is 1000 g/mol. The number of anilines is 12. The molecule has 0 aromatic heterocycles. The number of rotatable bonds is 6. The first-order valence-electron chi connectivity index (χ1n) is 20.9. The van der Waals surface area contributed by atoms with Crippen LogP contribution in [0.4, 0.5) is 68.2 Å². The second-order valence-corrected chi connectivity index (χ2v) is 14.8. The topological polar surface area (TPSA) is 19.4 Å². The van der Waals surface area contributed by atoms with E-state index in [4.69, 9.17) is 0 Å². The molecule has 0 amide bonds. The third-order valence-corrected chi connectivity index (χ3v) is 10.9. The molecule has 0 aliphatic carbocycles. The van der Waals surface area contributed by atoms with Crippen LogP contribution in [0.3, 0.4) is 0 Å². The summed E-state index contributed by atoms with van der Waals surface area (Å²) in [4.78, 5) is 13.1. The van der Waals surface area contributed by atoms with Crippen molar-refractivity contribution in [2.24, 2.45) is 0 Å². The van der Waals surface area contributed by atoms with Gasteiger partial charge in [0.1, 0.15) is 0 Å². The molecule has 0 fully saturated rings. The zero-order valence-corrected chi connectivity index (χ0v) is 37.2. The fourth-order valence-corrected chi connectivity index (χ4v) is 7.89. The molecule has 3 aliphatic heterocycles. The quantitative estimate of drug-likeness (QED) is 0.154. The second kappa shape index (κ2) is 19.6. The summed E-state index contributed by atoms with van der Waals surface area (Å²) >= 11 is 0. The first kappa shape index (κ1) is 41.8. The molecule has 9 aromatic carbocycles. The summed E-state index contributed by atoms with van der Waals surface area (Å²) in [5.41, 5.74) is 13.7. The van der Waals surface area contributed by atoms with Crippen LogP contribution in [0.2, 0.25) is 0 Å². The largest absolute Gasteiger partial charge is 0.493 e. The van der Waals surface area contributed by atoms with Crippen molar-refractivity contribution >= 4 is 68.2 Å².